The van der Waals surface area contributed by atoms with Gasteiger partial charge in [-0.1, -0.05) is 51.1 Å². The molecule has 0 bridgehead atoms. The van der Waals surface area contributed by atoms with Crippen molar-refractivity contribution < 1.29 is 5.11 Å². The number of phenolic OH excluding ortho intramolecular Hbond substituents is 1. The lowest BCUT2D eigenvalue weighted by Crippen LogP contribution is -2.45. The summed E-state index contributed by atoms with van der Waals surface area (Å²) in [6.45, 7) is 6.87. The number of rotatable bonds is 4. The fourth-order valence-corrected chi connectivity index (χ4v) is 6.35. The Hall–Kier alpha value is -1.73. The molecule has 1 aliphatic heterocycles. The van der Waals surface area contributed by atoms with E-state index in [2.05, 4.69) is 53.1 Å². The largest absolute Gasteiger partial charge is 0.508 e. The van der Waals surface area contributed by atoms with Gasteiger partial charge in [-0.15, -0.1) is 0 Å². The summed E-state index contributed by atoms with van der Waals surface area (Å²) in [5.74, 6) is 0.376. The Labute approximate surface area is 172 Å². The van der Waals surface area contributed by atoms with Crippen LogP contribution in [0.3, 0.4) is 0 Å². The zero-order valence-electron chi connectivity index (χ0n) is 15.2. The second-order valence-electron chi connectivity index (χ2n) is 6.85. The number of anilines is 1. The van der Waals surface area contributed by atoms with Crippen LogP contribution in [0.2, 0.25) is 0 Å². The molecule has 0 radical (unpaired) electrons. The van der Waals surface area contributed by atoms with Gasteiger partial charge in [0.1, 0.15) is 9.57 Å². The normalized spacial score (nSPS) is 15.2. The lowest BCUT2D eigenvalue weighted by Gasteiger charge is -2.36. The molecule has 2 aromatic carbocycles. The van der Waals surface area contributed by atoms with Crippen molar-refractivity contribution in [2.24, 2.45) is 0 Å². The van der Waals surface area contributed by atoms with E-state index in [1.807, 2.05) is 12.1 Å². The van der Waals surface area contributed by atoms with Gasteiger partial charge in [0.2, 0.25) is 0 Å². The predicted octanol–water partition coefficient (Wildman–Crippen LogP) is 5.54. The fourth-order valence-electron chi connectivity index (χ4n) is 3.46. The van der Waals surface area contributed by atoms with Crippen molar-refractivity contribution in [3.63, 3.8) is 0 Å². The summed E-state index contributed by atoms with van der Waals surface area (Å²) in [5.41, 5.74) is 4.61. The molecule has 2 heterocycles. The number of piperazine rings is 1. The molecule has 0 aliphatic carbocycles. The van der Waals surface area contributed by atoms with Gasteiger partial charge in [0, 0.05) is 44.0 Å². The highest BCUT2D eigenvalue weighted by molar-refractivity contribution is 7.80. The van der Waals surface area contributed by atoms with E-state index in [0.717, 1.165) is 47.7 Å². The van der Waals surface area contributed by atoms with E-state index in [4.69, 9.17) is 12.2 Å². The predicted molar refractivity (Wildman–Crippen MR) is 119 cm³/mol. The average molecular weight is 415 g/mol. The maximum Gasteiger partial charge on any atom is 0.120 e. The fraction of sp³-hybridized carbons (Fsp3) is 0.286. The van der Waals surface area contributed by atoms with E-state index in [1.54, 1.807) is 20.7 Å². The van der Waals surface area contributed by atoms with Crippen LogP contribution in [0.4, 0.5) is 5.69 Å². The lowest BCUT2D eigenvalue weighted by atomic mass is 10.1. The molecule has 1 saturated heterocycles. The average Bonchev–Trinajstić information content (AvgIpc) is 3.04. The molecule has 1 aliphatic rings. The van der Waals surface area contributed by atoms with Crippen molar-refractivity contribution in [3.05, 3.63) is 63.5 Å². The zero-order valence-corrected chi connectivity index (χ0v) is 17.7. The molecule has 1 N–H and O–H groups in total. The van der Waals surface area contributed by atoms with Gasteiger partial charge < -0.3 is 10.0 Å². The number of benzene rings is 2. The number of aromatic hydroxyl groups is 1. The van der Waals surface area contributed by atoms with Gasteiger partial charge in [0.15, 0.2) is 0 Å². The molecule has 1 aromatic heterocycles. The van der Waals surface area contributed by atoms with Crippen LogP contribution in [-0.2, 0) is 6.54 Å². The summed E-state index contributed by atoms with van der Waals surface area (Å²) in [7, 11) is 3.37. The van der Waals surface area contributed by atoms with Crippen LogP contribution in [-0.4, -0.2) is 36.2 Å². The van der Waals surface area contributed by atoms with Crippen molar-refractivity contribution in [3.8, 4) is 16.2 Å². The van der Waals surface area contributed by atoms with Crippen LogP contribution in [0.15, 0.2) is 48.5 Å². The first kappa shape index (κ1) is 18.6. The molecule has 0 atom stereocenters. The monoisotopic (exact) mass is 414 g/mol. The summed E-state index contributed by atoms with van der Waals surface area (Å²) in [4.78, 5) is 6.06. The van der Waals surface area contributed by atoms with Crippen molar-refractivity contribution in [1.82, 2.24) is 4.90 Å². The number of phenols is 1. The molecule has 0 saturated carbocycles. The molecule has 27 heavy (non-hydrogen) atoms. The SMILES string of the molecule is Cc1c(-c2ccc(O)c(CN3CCN(c4ccccc4)CC3)c2)ssc1=S. The highest BCUT2D eigenvalue weighted by atomic mass is 32.9. The Balaban J connectivity index is 1.46. The lowest BCUT2D eigenvalue weighted by molar-refractivity contribution is 0.247. The van der Waals surface area contributed by atoms with Crippen molar-refractivity contribution in [2.45, 2.75) is 13.5 Å². The molecule has 6 heteroatoms. The molecular weight excluding hydrogens is 392 g/mol. The summed E-state index contributed by atoms with van der Waals surface area (Å²) in [6, 6.07) is 16.5. The Bertz CT molecular complexity index is 973. The van der Waals surface area contributed by atoms with Crippen LogP contribution < -0.4 is 4.90 Å². The third kappa shape index (κ3) is 4.09. The summed E-state index contributed by atoms with van der Waals surface area (Å²) >= 11 is 5.38. The van der Waals surface area contributed by atoms with Crippen LogP contribution in [0.5, 0.6) is 5.75 Å². The Morgan fingerprint density at radius 1 is 1.00 bits per heavy atom. The van der Waals surface area contributed by atoms with E-state index in [1.165, 1.54) is 16.1 Å². The first-order valence-corrected chi connectivity index (χ1v) is 11.6. The molecule has 4 rings (SSSR count). The first-order valence-electron chi connectivity index (χ1n) is 9.06. The molecule has 1 fully saturated rings. The maximum atomic E-state index is 10.4. The summed E-state index contributed by atoms with van der Waals surface area (Å²) in [5, 5.41) is 10.4. The van der Waals surface area contributed by atoms with Crippen LogP contribution >= 0.6 is 32.9 Å². The van der Waals surface area contributed by atoms with Gasteiger partial charge in [0.05, 0.1) is 4.88 Å². The smallest absolute Gasteiger partial charge is 0.120 e. The van der Waals surface area contributed by atoms with E-state index < -0.39 is 0 Å². The topological polar surface area (TPSA) is 26.7 Å². The van der Waals surface area contributed by atoms with Crippen LogP contribution in [0.25, 0.3) is 10.4 Å². The summed E-state index contributed by atoms with van der Waals surface area (Å²) in [6.07, 6.45) is 0. The Morgan fingerprint density at radius 3 is 2.41 bits per heavy atom. The van der Waals surface area contributed by atoms with Gasteiger partial charge in [-0.25, -0.2) is 0 Å². The third-order valence-corrected chi connectivity index (χ3v) is 8.45. The van der Waals surface area contributed by atoms with Gasteiger partial charge >= 0.3 is 0 Å². The van der Waals surface area contributed by atoms with Gasteiger partial charge in [-0.2, -0.15) is 0 Å². The van der Waals surface area contributed by atoms with Crippen molar-refractivity contribution >= 4 is 38.6 Å². The number of nitrogens with zero attached hydrogens (tertiary/aromatic N) is 2. The van der Waals surface area contributed by atoms with E-state index >= 15 is 0 Å². The number of para-hydroxylation sites is 1. The highest BCUT2D eigenvalue weighted by Crippen LogP contribution is 2.36. The minimum atomic E-state index is 0.376. The molecule has 0 amide bonds. The van der Waals surface area contributed by atoms with Gasteiger partial charge in [-0.05, 0) is 48.4 Å². The van der Waals surface area contributed by atoms with Gasteiger partial charge in [0.25, 0.3) is 0 Å². The molecule has 0 unspecified atom stereocenters. The van der Waals surface area contributed by atoms with E-state index in [-0.39, 0.29) is 0 Å². The first-order chi connectivity index (χ1) is 13.1. The minimum Gasteiger partial charge on any atom is -0.508 e. The molecule has 0 spiro atoms. The molecule has 3 aromatic rings. The van der Waals surface area contributed by atoms with E-state index in [9.17, 15) is 5.11 Å². The Morgan fingerprint density at radius 2 is 1.74 bits per heavy atom. The second-order valence-corrected chi connectivity index (χ2v) is 9.67. The van der Waals surface area contributed by atoms with E-state index in [0.29, 0.717) is 5.75 Å². The zero-order chi connectivity index (χ0) is 18.8. The Kier molecular flexibility index (Phi) is 5.59. The molecular formula is C21H22N2OS3. The highest BCUT2D eigenvalue weighted by Gasteiger charge is 2.19. The molecule has 140 valence electrons. The number of hydrogen-bond donors (Lipinski definition) is 1. The quantitative estimate of drug-likeness (QED) is 0.448. The standard InChI is InChI=1S/C21H22N2OS3/c1-15-20(26-27-21(15)25)16-7-8-19(24)17(13-16)14-22-9-11-23(12-10-22)18-5-3-2-4-6-18/h2-8,13,24H,9-12,14H2,1H3. The maximum absolute atomic E-state index is 10.4. The molecule has 3 nitrogen and oxygen atoms in total. The summed E-state index contributed by atoms with van der Waals surface area (Å²) < 4.78 is 0.960. The van der Waals surface area contributed by atoms with Crippen LogP contribution in [0.1, 0.15) is 11.1 Å². The van der Waals surface area contributed by atoms with Crippen LogP contribution in [0, 0.1) is 10.7 Å². The minimum absolute atomic E-state index is 0.376. The van der Waals surface area contributed by atoms with Crippen molar-refractivity contribution in [2.75, 3.05) is 31.1 Å². The van der Waals surface area contributed by atoms with Gasteiger partial charge in [-0.3, -0.25) is 4.90 Å². The second kappa shape index (κ2) is 8.10. The number of hydrogen-bond acceptors (Lipinski definition) is 6. The third-order valence-electron chi connectivity index (χ3n) is 5.08. The van der Waals surface area contributed by atoms with Crippen molar-refractivity contribution in [1.29, 1.82) is 0 Å².